The molecule has 0 aromatic carbocycles. The van der Waals surface area contributed by atoms with Crippen LogP contribution in [0.2, 0.25) is 0 Å². The second-order valence-electron chi connectivity index (χ2n) is 1.35. The zero-order chi connectivity index (χ0) is 5.54. The van der Waals surface area contributed by atoms with Crippen LogP contribution in [0.25, 0.3) is 0 Å². The quantitative estimate of drug-likeness (QED) is 0.374. The van der Waals surface area contributed by atoms with Gasteiger partial charge in [0, 0.05) is 6.42 Å². The highest BCUT2D eigenvalue weighted by Gasteiger charge is 1.80. The van der Waals surface area contributed by atoms with Crippen LogP contribution in [-0.2, 0) is 0 Å². The lowest BCUT2D eigenvalue weighted by molar-refractivity contribution is 0.464. The summed E-state index contributed by atoms with van der Waals surface area (Å²) in [7, 11) is 0. The summed E-state index contributed by atoms with van der Waals surface area (Å²) in [5.74, 6) is 2.44. The van der Waals surface area contributed by atoms with E-state index in [0.29, 0.717) is 12.8 Å². The third-order valence-corrected chi connectivity index (χ3v) is 0.705. The molecule has 0 heterocycles. The normalized spacial score (nSPS) is 8.00. The molecule has 0 nitrogen and oxygen atoms in total. The van der Waals surface area contributed by atoms with E-state index in [2.05, 4.69) is 5.92 Å². The number of hydrogen-bond acceptors (Lipinski definition) is 0. The van der Waals surface area contributed by atoms with Crippen LogP contribution in [0.5, 0.6) is 0 Å². The Morgan fingerprint density at radius 1 is 1.43 bits per heavy atom. The fraction of sp³-hybridized carbons (Fsp3) is 0.667. The van der Waals surface area contributed by atoms with Gasteiger partial charge in [-0.25, -0.2) is 0 Å². The van der Waals surface area contributed by atoms with Crippen molar-refractivity contribution in [1.82, 2.24) is 0 Å². The van der Waals surface area contributed by atoms with Crippen molar-refractivity contribution in [1.29, 1.82) is 0 Å². The summed E-state index contributed by atoms with van der Waals surface area (Å²) in [5, 5.41) is 0. The van der Waals surface area contributed by atoms with Crippen LogP contribution in [0.3, 0.4) is 0 Å². The van der Waals surface area contributed by atoms with Crippen LogP contribution in [0.15, 0.2) is 0 Å². The van der Waals surface area contributed by atoms with E-state index >= 15 is 0 Å². The van der Waals surface area contributed by atoms with E-state index in [1.165, 1.54) is 0 Å². The van der Waals surface area contributed by atoms with Crippen LogP contribution < -0.4 is 0 Å². The Morgan fingerprint density at radius 2 is 2.14 bits per heavy atom. The number of alkyl halides is 1. The summed E-state index contributed by atoms with van der Waals surface area (Å²) in [4.78, 5) is 0. The average Bonchev–Trinajstić information content (AvgIpc) is 1.69. The molecule has 0 rings (SSSR count). The maximum Gasteiger partial charge on any atom is 0.0894 e. The van der Waals surface area contributed by atoms with E-state index in [-0.39, 0.29) is 6.67 Å². The molecule has 0 fully saturated rings. The Morgan fingerprint density at radius 3 is 2.57 bits per heavy atom. The number of unbranched alkanes of at least 4 members (excludes halogenated alkanes) is 2. The Kier molecular flexibility index (Phi) is 5.09. The predicted molar refractivity (Wildman–Crippen MR) is 28.7 cm³/mol. The molecule has 0 aliphatic rings. The molecule has 0 amide bonds. The van der Waals surface area contributed by atoms with Crippen LogP contribution in [0.1, 0.15) is 19.3 Å². The van der Waals surface area contributed by atoms with E-state index in [1.54, 1.807) is 0 Å². The van der Waals surface area contributed by atoms with Gasteiger partial charge in [0.1, 0.15) is 0 Å². The Bertz CT molecular complexity index is 61.1. The third-order valence-electron chi connectivity index (χ3n) is 0.705. The maximum absolute atomic E-state index is 11.2. The molecule has 40 valence electrons. The van der Waals surface area contributed by atoms with Crippen molar-refractivity contribution in [3.8, 4) is 12.3 Å². The molecule has 0 bridgehead atoms. The average molecular weight is 100 g/mol. The topological polar surface area (TPSA) is 0 Å². The molecule has 1 heteroatoms. The second-order valence-corrected chi connectivity index (χ2v) is 1.35. The van der Waals surface area contributed by atoms with Gasteiger partial charge in [-0.1, -0.05) is 0 Å². The first-order chi connectivity index (χ1) is 3.41. The first kappa shape index (κ1) is 6.49. The standard InChI is InChI=1S/C6H9F/c1-2-3-4-5-6-7/h1H,3-6H2/i7+0. The van der Waals surface area contributed by atoms with Gasteiger partial charge in [-0.15, -0.1) is 12.3 Å². The van der Waals surface area contributed by atoms with Gasteiger partial charge in [0.15, 0.2) is 0 Å². The van der Waals surface area contributed by atoms with Crippen molar-refractivity contribution in [2.24, 2.45) is 0 Å². The number of halogens is 1. The molecule has 0 aliphatic heterocycles. The zero-order valence-corrected chi connectivity index (χ0v) is 4.28. The van der Waals surface area contributed by atoms with Crippen molar-refractivity contribution in [3.63, 3.8) is 0 Å². The highest BCUT2D eigenvalue weighted by atomic mass is 19.1. The molecule has 0 N–H and O–H groups in total. The van der Waals surface area contributed by atoms with Crippen molar-refractivity contribution in [3.05, 3.63) is 0 Å². The lowest BCUT2D eigenvalue weighted by atomic mass is 10.3. The van der Waals surface area contributed by atoms with E-state index in [4.69, 9.17) is 6.42 Å². The molecule has 0 spiro atoms. The van der Waals surface area contributed by atoms with Crippen molar-refractivity contribution in [2.75, 3.05) is 6.67 Å². The molecule has 0 aromatic rings. The molecule has 0 saturated heterocycles. The van der Waals surface area contributed by atoms with E-state index in [9.17, 15) is 4.39 Å². The smallest absolute Gasteiger partial charge is 0.0894 e. The lowest BCUT2D eigenvalue weighted by Crippen LogP contribution is -1.73. The number of hydrogen-bond donors (Lipinski definition) is 0. The monoisotopic (exact) mass is 100 g/mol. The maximum atomic E-state index is 11.2. The van der Waals surface area contributed by atoms with Gasteiger partial charge in [-0.05, 0) is 12.8 Å². The minimum Gasteiger partial charge on any atom is -0.251 e. The lowest BCUT2D eigenvalue weighted by Gasteiger charge is -1.84. The van der Waals surface area contributed by atoms with Gasteiger partial charge >= 0.3 is 0 Å². The predicted octanol–water partition coefficient (Wildman–Crippen LogP) is 1.76. The summed E-state index contributed by atoms with van der Waals surface area (Å²) in [6.45, 7) is -0.234. The van der Waals surface area contributed by atoms with Gasteiger partial charge in [-0.3, -0.25) is 4.39 Å². The molecule has 0 unspecified atom stereocenters. The summed E-state index contributed by atoms with van der Waals surface area (Å²) in [6.07, 6.45) is 7.05. The van der Waals surface area contributed by atoms with Crippen molar-refractivity contribution < 1.29 is 4.39 Å². The van der Waals surface area contributed by atoms with Crippen molar-refractivity contribution in [2.45, 2.75) is 19.3 Å². The van der Waals surface area contributed by atoms with Crippen LogP contribution in [-0.4, -0.2) is 6.67 Å². The van der Waals surface area contributed by atoms with Crippen molar-refractivity contribution >= 4 is 0 Å². The van der Waals surface area contributed by atoms with Crippen LogP contribution >= 0.6 is 0 Å². The summed E-state index contributed by atoms with van der Waals surface area (Å²) in [5.41, 5.74) is 0. The Labute approximate surface area is 43.7 Å². The molecule has 0 atom stereocenters. The first-order valence-electron chi connectivity index (χ1n) is 2.41. The molecule has 7 heavy (non-hydrogen) atoms. The van der Waals surface area contributed by atoms with Gasteiger partial charge < -0.3 is 0 Å². The highest BCUT2D eigenvalue weighted by Crippen LogP contribution is 1.92. The molecular weight excluding hydrogens is 91.1 g/mol. The Balaban J connectivity index is 2.60. The fourth-order valence-electron chi connectivity index (χ4n) is 0.322. The van der Waals surface area contributed by atoms with E-state index < -0.39 is 0 Å². The highest BCUT2D eigenvalue weighted by molar-refractivity contribution is 4.82. The summed E-state index contributed by atoms with van der Waals surface area (Å²) >= 11 is 0. The SMILES string of the molecule is C#CCCCC[19F]. The minimum atomic E-state index is -0.234. The second kappa shape index (κ2) is 5.49. The first-order valence-corrected chi connectivity index (χ1v) is 2.41. The van der Waals surface area contributed by atoms with Gasteiger partial charge in [0.2, 0.25) is 0 Å². The van der Waals surface area contributed by atoms with E-state index in [1.807, 2.05) is 0 Å². The largest absolute Gasteiger partial charge is 0.251 e. The molecule has 0 aromatic heterocycles. The summed E-state index contributed by atoms with van der Waals surface area (Å²) in [6, 6.07) is 0. The van der Waals surface area contributed by atoms with Crippen LogP contribution in [0, 0.1) is 12.3 Å². The number of rotatable bonds is 3. The van der Waals surface area contributed by atoms with Gasteiger partial charge in [0.05, 0.1) is 6.67 Å². The van der Waals surface area contributed by atoms with E-state index in [0.717, 1.165) is 6.42 Å². The molecule has 0 radical (unpaired) electrons. The summed E-state index contributed by atoms with van der Waals surface area (Å²) < 4.78 is 11.2. The molecule has 0 aliphatic carbocycles. The van der Waals surface area contributed by atoms with Gasteiger partial charge in [0.25, 0.3) is 0 Å². The Hall–Kier alpha value is -0.510. The third kappa shape index (κ3) is 5.49. The molecular formula is C6H9F. The number of terminal acetylenes is 1. The fourth-order valence-corrected chi connectivity index (χ4v) is 0.322. The zero-order valence-electron chi connectivity index (χ0n) is 4.28. The van der Waals surface area contributed by atoms with Gasteiger partial charge in [-0.2, -0.15) is 0 Å². The van der Waals surface area contributed by atoms with Crippen LogP contribution in [0.4, 0.5) is 4.39 Å². The minimum absolute atomic E-state index is 0.234. The molecule has 0 saturated carbocycles.